The van der Waals surface area contributed by atoms with Gasteiger partial charge in [0.05, 0.1) is 30.8 Å². The fourth-order valence-electron chi connectivity index (χ4n) is 9.25. The van der Waals surface area contributed by atoms with E-state index < -0.39 is 198 Å². The van der Waals surface area contributed by atoms with Gasteiger partial charge in [0.1, 0.15) is 54.4 Å². The Bertz CT molecular complexity index is 2630. The average Bonchev–Trinajstić information content (AvgIpc) is 1.69. The summed E-state index contributed by atoms with van der Waals surface area (Å²) in [7, 11) is 0. The number of rotatable bonds is 22. The summed E-state index contributed by atoms with van der Waals surface area (Å²) in [5, 5.41) is 73.1. The largest absolute Gasteiger partial charge is 0.481 e. The first-order valence-corrected chi connectivity index (χ1v) is 29.0. The molecule has 17 N–H and O–H groups in total. The molecule has 0 aromatic heterocycles. The highest BCUT2D eigenvalue weighted by Crippen LogP contribution is 2.26. The minimum atomic E-state index is -2.84. The second kappa shape index (κ2) is 35.9. The molecule has 0 aromatic carbocycles. The van der Waals surface area contributed by atoms with Gasteiger partial charge in [0, 0.05) is 12.6 Å². The van der Waals surface area contributed by atoms with Crippen molar-refractivity contribution in [1.29, 1.82) is 0 Å². The Morgan fingerprint density at radius 1 is 0.648 bits per heavy atom. The van der Waals surface area contributed by atoms with Gasteiger partial charge in [-0.2, -0.15) is 0 Å². The summed E-state index contributed by atoms with van der Waals surface area (Å²) in [6, 6.07) is -18.6. The molecular formula is C56H88N12O20. The number of unbranched alkanes of at least 4 members (excludes halogenated alkanes) is 1. The molecular weight excluding hydrogens is 1160 g/mol. The standard InChI is InChI=1S/C56H88N12O20/c1-25(2)17-13-11-12-14-19-35(69)62-40(29(8)54(83)84)50(79)66-42-31(10)59-47(76)34-21-28(7)24-68(34)53(82)39(27(5)6)65-49(78)41(30(9)55(85)86)63-36(70)23-58-45(74)33(22-37(71)72)61-52(81)43(44(73)56(87)88)67-46(75)32(18-15-16-20-57)60-48(77)38(26(3)4)64-51(42)80/h11-12,14,19,25-34,38-44,73H,13,15-18,20-24,57H2,1-10H3,(H,58,74)(H,59,76)(H,60,77)(H,61,81)(H,62,69)(H,63,70)(H,64,80)(H,65,78)(H,66,79)(H,67,75)(H,71,72)(H,83,84)(H,85,86)(H,87,88). The molecule has 11 amide bonds. The molecule has 0 aliphatic carbocycles. The van der Waals surface area contributed by atoms with Gasteiger partial charge in [-0.25, -0.2) is 4.79 Å². The molecule has 0 bridgehead atoms. The molecule has 0 radical (unpaired) electrons. The number of carboxylic acid groups (broad SMARTS) is 4. The summed E-state index contributed by atoms with van der Waals surface area (Å²) in [5.41, 5.74) is 5.69. The summed E-state index contributed by atoms with van der Waals surface area (Å²) >= 11 is 0. The lowest BCUT2D eigenvalue weighted by molar-refractivity contribution is -0.153. The van der Waals surface area contributed by atoms with Crippen LogP contribution in [0.25, 0.3) is 0 Å². The number of aliphatic hydroxyl groups is 1. The maximum Gasteiger partial charge on any atom is 0.335 e. The van der Waals surface area contributed by atoms with E-state index in [-0.39, 0.29) is 38.8 Å². The van der Waals surface area contributed by atoms with E-state index in [1.807, 2.05) is 29.8 Å². The van der Waals surface area contributed by atoms with E-state index in [2.05, 4.69) is 37.2 Å². The van der Waals surface area contributed by atoms with Crippen molar-refractivity contribution in [1.82, 2.24) is 58.1 Å². The highest BCUT2D eigenvalue weighted by molar-refractivity contribution is 6.02. The third-order valence-corrected chi connectivity index (χ3v) is 14.6. The highest BCUT2D eigenvalue weighted by Gasteiger charge is 2.45. The van der Waals surface area contributed by atoms with Crippen LogP contribution >= 0.6 is 0 Å². The third kappa shape index (κ3) is 23.6. The van der Waals surface area contributed by atoms with Crippen LogP contribution in [0.4, 0.5) is 0 Å². The first-order valence-electron chi connectivity index (χ1n) is 29.0. The monoisotopic (exact) mass is 1250 g/mol. The summed E-state index contributed by atoms with van der Waals surface area (Å²) in [6.07, 6.45) is 3.09. The normalized spacial score (nSPS) is 25.9. The lowest BCUT2D eigenvalue weighted by Gasteiger charge is -2.34. The molecule has 88 heavy (non-hydrogen) atoms. The van der Waals surface area contributed by atoms with Gasteiger partial charge in [-0.3, -0.25) is 67.1 Å². The molecule has 2 rings (SSSR count). The first kappa shape index (κ1) is 75.5. The van der Waals surface area contributed by atoms with Crippen molar-refractivity contribution in [2.75, 3.05) is 19.6 Å². The number of carboxylic acids is 4. The van der Waals surface area contributed by atoms with Gasteiger partial charge in [-0.15, -0.1) is 0 Å². The molecule has 32 heteroatoms. The molecule has 0 saturated carbocycles. The van der Waals surface area contributed by atoms with Crippen molar-refractivity contribution in [2.45, 2.75) is 181 Å². The lowest BCUT2D eigenvalue weighted by Crippen LogP contribution is -2.65. The van der Waals surface area contributed by atoms with Crippen molar-refractivity contribution < 1.29 is 97.5 Å². The van der Waals surface area contributed by atoms with E-state index in [0.29, 0.717) is 12.3 Å². The van der Waals surface area contributed by atoms with Crippen LogP contribution in [0, 0.1) is 35.5 Å². The molecule has 492 valence electrons. The molecule has 2 aliphatic heterocycles. The third-order valence-electron chi connectivity index (χ3n) is 14.6. The number of amides is 11. The van der Waals surface area contributed by atoms with E-state index in [1.165, 1.54) is 40.7 Å². The number of allylic oxidation sites excluding steroid dienone is 3. The van der Waals surface area contributed by atoms with Gasteiger partial charge >= 0.3 is 23.9 Å². The SMILES string of the molecule is CC(C)CCC=CC=CC(=O)NC(C(=O)NC1C(=O)NC(C(C)C)C(=O)NC(CCCCN)C(=O)NC(C(O)C(=O)O)C(=O)NC(CC(=O)O)C(=O)NCC(=O)NC(C(C)C(=O)O)C(=O)NC(C(C)C)C(=O)N2CC(C)CC2C(=O)NC1C)C(C)C(=O)O. The fraction of sp³-hybridized carbons (Fsp3) is 0.661. The van der Waals surface area contributed by atoms with Gasteiger partial charge in [-0.05, 0) is 89.5 Å². The van der Waals surface area contributed by atoms with Crippen LogP contribution in [-0.4, -0.2) is 205 Å². The molecule has 14 atom stereocenters. The zero-order valence-electron chi connectivity index (χ0n) is 51.1. The Labute approximate surface area is 508 Å². The van der Waals surface area contributed by atoms with E-state index in [1.54, 1.807) is 19.1 Å². The Kier molecular flexibility index (Phi) is 30.8. The van der Waals surface area contributed by atoms with Gasteiger partial charge < -0.3 is 89.3 Å². The second-order valence-electron chi connectivity index (χ2n) is 23.1. The summed E-state index contributed by atoms with van der Waals surface area (Å²) in [5.74, 6) is -25.6. The van der Waals surface area contributed by atoms with Crippen LogP contribution in [0.5, 0.6) is 0 Å². The number of hydrogen-bond donors (Lipinski definition) is 16. The molecule has 0 aromatic rings. The minimum Gasteiger partial charge on any atom is -0.481 e. The van der Waals surface area contributed by atoms with Crippen LogP contribution in [0.3, 0.4) is 0 Å². The Hall–Kier alpha value is -8.55. The van der Waals surface area contributed by atoms with Crippen molar-refractivity contribution in [3.8, 4) is 0 Å². The van der Waals surface area contributed by atoms with E-state index in [4.69, 9.17) is 5.73 Å². The predicted octanol–water partition coefficient (Wildman–Crippen LogP) is -3.91. The number of hydrogen-bond acceptors (Lipinski definition) is 17. The maximum absolute atomic E-state index is 14.8. The Balaban J connectivity index is 2.97. The van der Waals surface area contributed by atoms with Gasteiger partial charge in [0.25, 0.3) is 0 Å². The number of nitrogens with two attached hydrogens (primary N) is 1. The Morgan fingerprint density at radius 3 is 1.78 bits per heavy atom. The fourth-order valence-corrected chi connectivity index (χ4v) is 9.25. The van der Waals surface area contributed by atoms with Crippen molar-refractivity contribution >= 4 is 88.9 Å². The predicted molar refractivity (Wildman–Crippen MR) is 310 cm³/mol. The number of carbonyl (C=O) groups excluding carboxylic acids is 11. The number of carbonyl (C=O) groups is 15. The number of aliphatic carboxylic acids is 4. The lowest BCUT2D eigenvalue weighted by atomic mass is 9.97. The van der Waals surface area contributed by atoms with E-state index >= 15 is 0 Å². The van der Waals surface area contributed by atoms with E-state index in [0.717, 1.165) is 31.2 Å². The average molecular weight is 1250 g/mol. The topological polar surface area (TPSA) is 507 Å². The minimum absolute atomic E-state index is 0.0277. The second-order valence-corrected chi connectivity index (χ2v) is 23.1. The van der Waals surface area contributed by atoms with Crippen LogP contribution < -0.4 is 58.9 Å². The molecule has 2 saturated heterocycles. The van der Waals surface area contributed by atoms with E-state index in [9.17, 15) is 97.5 Å². The molecule has 2 fully saturated rings. The van der Waals surface area contributed by atoms with Gasteiger partial charge in [-0.1, -0.05) is 66.7 Å². The zero-order valence-corrected chi connectivity index (χ0v) is 51.1. The smallest absolute Gasteiger partial charge is 0.335 e. The van der Waals surface area contributed by atoms with Crippen LogP contribution in [0.2, 0.25) is 0 Å². The summed E-state index contributed by atoms with van der Waals surface area (Å²) in [4.78, 5) is 205. The molecule has 2 heterocycles. The van der Waals surface area contributed by atoms with Gasteiger partial charge in [0.2, 0.25) is 65.0 Å². The highest BCUT2D eigenvalue weighted by atomic mass is 16.4. The number of fused-ring (bicyclic) bond motifs is 1. The molecule has 2 aliphatic rings. The Morgan fingerprint density at radius 2 is 1.23 bits per heavy atom. The van der Waals surface area contributed by atoms with Crippen LogP contribution in [0.15, 0.2) is 24.3 Å². The summed E-state index contributed by atoms with van der Waals surface area (Å²) in [6.45, 7) is 13.8. The molecule has 32 nitrogen and oxygen atoms in total. The van der Waals surface area contributed by atoms with Gasteiger partial charge in [0.15, 0.2) is 6.10 Å². The summed E-state index contributed by atoms with van der Waals surface area (Å²) < 4.78 is 0. The molecule has 0 spiro atoms. The molecule has 14 unspecified atom stereocenters. The van der Waals surface area contributed by atoms with Crippen molar-refractivity contribution in [2.24, 2.45) is 41.2 Å². The first-order chi connectivity index (χ1) is 41.0. The number of nitrogens with zero attached hydrogens (tertiary/aromatic N) is 1. The van der Waals surface area contributed by atoms with Crippen molar-refractivity contribution in [3.05, 3.63) is 24.3 Å². The zero-order chi connectivity index (χ0) is 67.0. The number of nitrogens with one attached hydrogen (secondary N) is 10. The quantitative estimate of drug-likeness (QED) is 0.0280. The number of aliphatic hydroxyl groups excluding tert-OH is 1. The maximum atomic E-state index is 14.8. The van der Waals surface area contributed by atoms with Crippen LogP contribution in [-0.2, 0) is 71.9 Å². The van der Waals surface area contributed by atoms with Crippen molar-refractivity contribution in [3.63, 3.8) is 0 Å². The van der Waals surface area contributed by atoms with Crippen LogP contribution in [0.1, 0.15) is 114 Å².